The summed E-state index contributed by atoms with van der Waals surface area (Å²) in [5.74, 6) is -0.675. The highest BCUT2D eigenvalue weighted by molar-refractivity contribution is 6.12. The lowest BCUT2D eigenvalue weighted by atomic mass is 10.1. The molecule has 0 amide bonds. The summed E-state index contributed by atoms with van der Waals surface area (Å²) < 4.78 is 10.1. The smallest absolute Gasteiger partial charge is 0.402 e. The van der Waals surface area contributed by atoms with E-state index in [1.807, 2.05) is 25.1 Å². The summed E-state index contributed by atoms with van der Waals surface area (Å²) in [5, 5.41) is 10.6. The summed E-state index contributed by atoms with van der Waals surface area (Å²) in [5.41, 5.74) is 1.72. The molecule has 0 unspecified atom stereocenters. The number of carbonyl (C=O) groups is 1. The van der Waals surface area contributed by atoms with Crippen molar-refractivity contribution in [3.63, 3.8) is 0 Å². The van der Waals surface area contributed by atoms with Crippen molar-refractivity contribution in [2.75, 3.05) is 0 Å². The monoisotopic (exact) mass is 298 g/mol. The number of aryl methyl sites for hydroxylation is 1. The van der Waals surface area contributed by atoms with E-state index in [1.54, 1.807) is 6.07 Å². The summed E-state index contributed by atoms with van der Waals surface area (Å²) >= 11 is 0. The van der Waals surface area contributed by atoms with Crippen LogP contribution >= 0.6 is 0 Å². The van der Waals surface area contributed by atoms with Gasteiger partial charge in [0.2, 0.25) is 5.90 Å². The Hall–Kier alpha value is -3.22. The van der Waals surface area contributed by atoms with Crippen LogP contribution in [-0.4, -0.2) is 16.8 Å². The Morgan fingerprint density at radius 1 is 1.27 bits per heavy atom. The second kappa shape index (κ2) is 5.28. The highest BCUT2D eigenvalue weighted by Crippen LogP contribution is 2.22. The van der Waals surface area contributed by atoms with E-state index in [-0.39, 0.29) is 17.4 Å². The molecule has 0 N–H and O–H groups in total. The highest BCUT2D eigenvalue weighted by atomic mass is 16.6. The molecule has 1 aliphatic heterocycles. The average Bonchev–Trinajstić information content (AvgIpc) is 3.07. The topological polar surface area (TPSA) is 94.9 Å². The lowest BCUT2D eigenvalue weighted by Gasteiger charge is -1.99. The third kappa shape index (κ3) is 2.64. The molecule has 0 atom stereocenters. The molecule has 2 heterocycles. The number of hydrogen-bond donors (Lipinski definition) is 0. The molecule has 0 saturated heterocycles. The molecule has 2 aromatic rings. The van der Waals surface area contributed by atoms with E-state index >= 15 is 0 Å². The Bertz CT molecular complexity index is 832. The standard InChI is InChI=1S/C15H10N2O5/c1-9-3-2-4-10(7-9)14-16-12(15(18)22-14)8-11-5-6-13(21-11)17(19)20/h2-8H,1H3/b12-8-. The fraction of sp³-hybridized carbons (Fsp3) is 0.0667. The van der Waals surface area contributed by atoms with E-state index in [0.717, 1.165) is 5.56 Å². The van der Waals surface area contributed by atoms with Gasteiger partial charge in [-0.15, -0.1) is 0 Å². The first-order valence-electron chi connectivity index (χ1n) is 6.37. The minimum atomic E-state index is -0.656. The van der Waals surface area contributed by atoms with Crippen molar-refractivity contribution >= 4 is 23.8 Å². The zero-order valence-corrected chi connectivity index (χ0v) is 11.5. The van der Waals surface area contributed by atoms with Gasteiger partial charge >= 0.3 is 11.9 Å². The van der Waals surface area contributed by atoms with E-state index in [0.29, 0.717) is 5.56 Å². The lowest BCUT2D eigenvalue weighted by Crippen LogP contribution is -2.05. The number of ether oxygens (including phenoxy) is 1. The summed E-state index contributed by atoms with van der Waals surface area (Å²) in [7, 11) is 0. The van der Waals surface area contributed by atoms with Crippen molar-refractivity contribution < 1.29 is 18.9 Å². The van der Waals surface area contributed by atoms with Crippen molar-refractivity contribution in [2.24, 2.45) is 4.99 Å². The average molecular weight is 298 g/mol. The molecule has 0 fully saturated rings. The van der Waals surface area contributed by atoms with Crippen molar-refractivity contribution in [3.05, 3.63) is 69.1 Å². The minimum Gasteiger partial charge on any atom is -0.402 e. The molecular weight excluding hydrogens is 288 g/mol. The van der Waals surface area contributed by atoms with Crippen LogP contribution in [0.15, 0.2) is 51.5 Å². The molecule has 0 spiro atoms. The van der Waals surface area contributed by atoms with E-state index < -0.39 is 16.8 Å². The third-order valence-corrected chi connectivity index (χ3v) is 2.96. The Labute approximate surface area is 124 Å². The zero-order chi connectivity index (χ0) is 15.7. The first kappa shape index (κ1) is 13.7. The SMILES string of the molecule is Cc1cccc(C2=N/C(=C\c3ccc([N+](=O)[O-])o3)C(=O)O2)c1. The van der Waals surface area contributed by atoms with Crippen LogP contribution in [0, 0.1) is 17.0 Å². The fourth-order valence-electron chi connectivity index (χ4n) is 1.96. The van der Waals surface area contributed by atoms with Gasteiger partial charge in [0.1, 0.15) is 10.7 Å². The number of aliphatic imine (C=N–C) groups is 1. The van der Waals surface area contributed by atoms with E-state index in [9.17, 15) is 14.9 Å². The number of nitro groups is 1. The number of hydrogen-bond acceptors (Lipinski definition) is 6. The number of nitrogens with zero attached hydrogens (tertiary/aromatic N) is 2. The number of furan rings is 1. The molecule has 0 aliphatic carbocycles. The molecule has 7 heteroatoms. The van der Waals surface area contributed by atoms with E-state index in [1.165, 1.54) is 18.2 Å². The van der Waals surface area contributed by atoms with Crippen molar-refractivity contribution in [3.8, 4) is 0 Å². The molecule has 1 aliphatic rings. The van der Waals surface area contributed by atoms with Crippen LogP contribution in [0.4, 0.5) is 5.88 Å². The minimum absolute atomic E-state index is 0.0285. The van der Waals surface area contributed by atoms with E-state index in [4.69, 9.17) is 9.15 Å². The summed E-state index contributed by atoms with van der Waals surface area (Å²) in [6.45, 7) is 1.92. The quantitative estimate of drug-likeness (QED) is 0.376. The van der Waals surface area contributed by atoms with Crippen LogP contribution in [0.3, 0.4) is 0 Å². The second-order valence-corrected chi connectivity index (χ2v) is 4.64. The summed E-state index contributed by atoms with van der Waals surface area (Å²) in [6, 6.07) is 9.96. The van der Waals surface area contributed by atoms with Gasteiger partial charge in [0, 0.05) is 11.6 Å². The largest absolute Gasteiger partial charge is 0.433 e. The Morgan fingerprint density at radius 2 is 2.09 bits per heavy atom. The maximum atomic E-state index is 11.8. The van der Waals surface area contributed by atoms with Gasteiger partial charge in [0.15, 0.2) is 5.70 Å². The number of benzene rings is 1. The molecule has 3 rings (SSSR count). The zero-order valence-electron chi connectivity index (χ0n) is 11.5. The number of rotatable bonds is 3. The van der Waals surface area contributed by atoms with Crippen LogP contribution in [0.5, 0.6) is 0 Å². The summed E-state index contributed by atoms with van der Waals surface area (Å²) in [4.78, 5) is 25.8. The van der Waals surface area contributed by atoms with Gasteiger partial charge in [-0.1, -0.05) is 17.7 Å². The van der Waals surface area contributed by atoms with Crippen LogP contribution in [0.1, 0.15) is 16.9 Å². The van der Waals surface area contributed by atoms with Crippen molar-refractivity contribution in [1.82, 2.24) is 0 Å². The van der Waals surface area contributed by atoms with Gasteiger partial charge in [0.25, 0.3) is 0 Å². The van der Waals surface area contributed by atoms with Gasteiger partial charge in [-0.05, 0) is 25.1 Å². The number of carbonyl (C=O) groups excluding carboxylic acids is 1. The predicted octanol–water partition coefficient (Wildman–Crippen LogP) is 2.84. The highest BCUT2D eigenvalue weighted by Gasteiger charge is 2.25. The number of cyclic esters (lactones) is 1. The van der Waals surface area contributed by atoms with E-state index in [2.05, 4.69) is 4.99 Å². The molecule has 7 nitrogen and oxygen atoms in total. The lowest BCUT2D eigenvalue weighted by molar-refractivity contribution is -0.402. The third-order valence-electron chi connectivity index (χ3n) is 2.96. The molecule has 22 heavy (non-hydrogen) atoms. The Kier molecular flexibility index (Phi) is 3.30. The molecule has 0 saturated carbocycles. The van der Waals surface area contributed by atoms with Crippen LogP contribution in [-0.2, 0) is 9.53 Å². The predicted molar refractivity (Wildman–Crippen MR) is 77.1 cm³/mol. The Balaban J connectivity index is 1.92. The maximum absolute atomic E-state index is 11.8. The maximum Gasteiger partial charge on any atom is 0.433 e. The molecule has 0 bridgehead atoms. The van der Waals surface area contributed by atoms with Crippen molar-refractivity contribution in [2.45, 2.75) is 6.92 Å². The van der Waals surface area contributed by atoms with Crippen LogP contribution in [0.2, 0.25) is 0 Å². The van der Waals surface area contributed by atoms with Crippen LogP contribution in [0.25, 0.3) is 6.08 Å². The van der Waals surface area contributed by atoms with Gasteiger partial charge < -0.3 is 9.15 Å². The molecule has 110 valence electrons. The fourth-order valence-corrected chi connectivity index (χ4v) is 1.96. The van der Waals surface area contributed by atoms with Gasteiger partial charge in [-0.2, -0.15) is 0 Å². The number of esters is 1. The first-order valence-corrected chi connectivity index (χ1v) is 6.37. The summed E-state index contributed by atoms with van der Waals surface area (Å²) in [6.07, 6.45) is 1.30. The van der Waals surface area contributed by atoms with Crippen molar-refractivity contribution in [1.29, 1.82) is 0 Å². The van der Waals surface area contributed by atoms with Gasteiger partial charge in [-0.3, -0.25) is 10.1 Å². The van der Waals surface area contributed by atoms with Crippen LogP contribution < -0.4 is 0 Å². The van der Waals surface area contributed by atoms with Gasteiger partial charge in [-0.25, -0.2) is 9.79 Å². The normalized spacial score (nSPS) is 15.8. The Morgan fingerprint density at radius 3 is 2.77 bits per heavy atom. The second-order valence-electron chi connectivity index (χ2n) is 4.64. The molecule has 1 aromatic heterocycles. The van der Waals surface area contributed by atoms with Gasteiger partial charge in [0.05, 0.1) is 6.07 Å². The molecule has 0 radical (unpaired) electrons. The molecular formula is C15H10N2O5. The first-order chi connectivity index (χ1) is 10.5. The molecule has 1 aromatic carbocycles.